The molecule has 12 heteroatoms. The number of carbonyl (C=O) groups is 2. The molecule has 0 unspecified atom stereocenters. The van der Waals surface area contributed by atoms with Crippen LogP contribution in [0, 0.1) is 11.8 Å². The van der Waals surface area contributed by atoms with Gasteiger partial charge in [-0.15, -0.1) is 0 Å². The second kappa shape index (κ2) is 12.6. The van der Waals surface area contributed by atoms with Gasteiger partial charge in [-0.05, 0) is 64.7 Å². The fourth-order valence-corrected chi connectivity index (χ4v) is 6.60. The SMILES string of the molecule is COc1cc(/C=C/C(=O)N[C@@H]2c3cc4c(cc3[C@@H](c3cc(OC)c(OC)c(OC)c3)[C@H]3C(=O)OC[C@@H]32)OCO4)cc(OC)c1OC. The van der Waals surface area contributed by atoms with Gasteiger partial charge < -0.3 is 47.9 Å². The number of hydrogen-bond acceptors (Lipinski definition) is 11. The molecule has 0 aromatic heterocycles. The third-order valence-corrected chi connectivity index (χ3v) is 8.65. The van der Waals surface area contributed by atoms with Crippen molar-refractivity contribution in [1.82, 2.24) is 5.32 Å². The second-order valence-electron chi connectivity index (χ2n) is 10.9. The zero-order valence-corrected chi connectivity index (χ0v) is 26.3. The number of carbonyl (C=O) groups excluding carboxylic acids is 2. The summed E-state index contributed by atoms with van der Waals surface area (Å²) in [5.41, 5.74) is 3.00. The van der Waals surface area contributed by atoms with Crippen molar-refractivity contribution >= 4 is 18.0 Å². The first-order valence-corrected chi connectivity index (χ1v) is 14.5. The quantitative estimate of drug-likeness (QED) is 0.254. The summed E-state index contributed by atoms with van der Waals surface area (Å²) in [5.74, 6) is 1.60. The van der Waals surface area contributed by atoms with Gasteiger partial charge in [0.25, 0.3) is 0 Å². The number of rotatable bonds is 10. The van der Waals surface area contributed by atoms with Gasteiger partial charge in [-0.25, -0.2) is 0 Å². The number of benzene rings is 3. The third-order valence-electron chi connectivity index (χ3n) is 8.65. The molecule has 1 saturated heterocycles. The van der Waals surface area contributed by atoms with Gasteiger partial charge in [0.05, 0.1) is 61.2 Å². The third kappa shape index (κ3) is 5.23. The van der Waals surface area contributed by atoms with E-state index in [9.17, 15) is 9.59 Å². The van der Waals surface area contributed by atoms with Crippen LogP contribution in [-0.4, -0.2) is 67.9 Å². The highest BCUT2D eigenvalue weighted by atomic mass is 16.7. The highest BCUT2D eigenvalue weighted by molar-refractivity contribution is 5.92. The van der Waals surface area contributed by atoms with Crippen LogP contribution in [0.2, 0.25) is 0 Å². The molecule has 12 nitrogen and oxygen atoms in total. The number of fused-ring (bicyclic) bond motifs is 3. The first-order valence-electron chi connectivity index (χ1n) is 14.5. The number of esters is 1. The minimum absolute atomic E-state index is 0.0660. The van der Waals surface area contributed by atoms with Crippen molar-refractivity contribution in [3.8, 4) is 46.0 Å². The van der Waals surface area contributed by atoms with Gasteiger partial charge in [0.1, 0.15) is 0 Å². The summed E-state index contributed by atoms with van der Waals surface area (Å²) in [6.45, 7) is 0.191. The Balaban J connectivity index is 1.41. The molecular formula is C34H35NO11. The Bertz CT molecular complexity index is 1650. The Morgan fingerprint density at radius 2 is 1.28 bits per heavy atom. The molecule has 242 valence electrons. The smallest absolute Gasteiger partial charge is 0.310 e. The summed E-state index contributed by atoms with van der Waals surface area (Å²) in [6.07, 6.45) is 3.07. The Kier molecular flexibility index (Phi) is 8.44. The van der Waals surface area contributed by atoms with Crippen LogP contribution in [0.3, 0.4) is 0 Å². The Morgan fingerprint density at radius 1 is 0.739 bits per heavy atom. The van der Waals surface area contributed by atoms with Gasteiger partial charge in [-0.1, -0.05) is 0 Å². The van der Waals surface area contributed by atoms with E-state index in [1.54, 1.807) is 18.2 Å². The lowest BCUT2D eigenvalue weighted by Gasteiger charge is -2.39. The van der Waals surface area contributed by atoms with Crippen molar-refractivity contribution in [3.05, 3.63) is 64.7 Å². The van der Waals surface area contributed by atoms with E-state index in [1.165, 1.54) is 48.7 Å². The van der Waals surface area contributed by atoms with Gasteiger partial charge in [0.2, 0.25) is 24.2 Å². The number of methoxy groups -OCH3 is 6. The minimum atomic E-state index is -0.625. The summed E-state index contributed by atoms with van der Waals surface area (Å²) < 4.78 is 50.2. The number of nitrogens with one attached hydrogen (secondary N) is 1. The molecular weight excluding hydrogens is 598 g/mol. The lowest BCUT2D eigenvalue weighted by Crippen LogP contribution is -2.42. The van der Waals surface area contributed by atoms with Crippen LogP contribution in [0.25, 0.3) is 6.08 Å². The number of hydrogen-bond donors (Lipinski definition) is 1. The summed E-state index contributed by atoms with van der Waals surface area (Å²) in [5, 5.41) is 3.13. The van der Waals surface area contributed by atoms with E-state index in [0.717, 1.165) is 16.7 Å². The summed E-state index contributed by atoms with van der Waals surface area (Å²) in [7, 11) is 9.18. The Morgan fingerprint density at radius 3 is 1.83 bits per heavy atom. The zero-order chi connectivity index (χ0) is 32.5. The summed E-state index contributed by atoms with van der Waals surface area (Å²) in [6, 6.07) is 10.3. The van der Waals surface area contributed by atoms with Crippen LogP contribution in [0.5, 0.6) is 46.0 Å². The first-order chi connectivity index (χ1) is 22.3. The van der Waals surface area contributed by atoms with Crippen molar-refractivity contribution in [2.24, 2.45) is 11.8 Å². The fraction of sp³-hybridized carbons (Fsp3) is 0.353. The molecule has 0 radical (unpaired) electrons. The second-order valence-corrected chi connectivity index (χ2v) is 10.9. The lowest BCUT2D eigenvalue weighted by molar-refractivity contribution is -0.141. The Hall–Kier alpha value is -5.26. The number of cyclic esters (lactones) is 1. The molecule has 1 aliphatic carbocycles. The van der Waals surface area contributed by atoms with E-state index in [4.69, 9.17) is 42.6 Å². The predicted octanol–water partition coefficient (Wildman–Crippen LogP) is 4.27. The maximum absolute atomic E-state index is 13.5. The molecule has 2 aliphatic heterocycles. The summed E-state index contributed by atoms with van der Waals surface area (Å²) >= 11 is 0. The van der Waals surface area contributed by atoms with E-state index >= 15 is 0 Å². The van der Waals surface area contributed by atoms with Gasteiger partial charge in [-0.2, -0.15) is 0 Å². The van der Waals surface area contributed by atoms with E-state index in [2.05, 4.69) is 5.32 Å². The topological polar surface area (TPSA) is 129 Å². The molecule has 3 aliphatic rings. The van der Waals surface area contributed by atoms with Crippen LogP contribution >= 0.6 is 0 Å². The minimum Gasteiger partial charge on any atom is -0.493 e. The predicted molar refractivity (Wildman–Crippen MR) is 164 cm³/mol. The van der Waals surface area contributed by atoms with Crippen LogP contribution < -0.4 is 43.2 Å². The molecule has 1 amide bonds. The highest BCUT2D eigenvalue weighted by Gasteiger charge is 2.53. The van der Waals surface area contributed by atoms with E-state index in [0.29, 0.717) is 51.6 Å². The maximum Gasteiger partial charge on any atom is 0.310 e. The monoisotopic (exact) mass is 633 g/mol. The van der Waals surface area contributed by atoms with Crippen LogP contribution in [-0.2, 0) is 14.3 Å². The van der Waals surface area contributed by atoms with Crippen molar-refractivity contribution in [3.63, 3.8) is 0 Å². The lowest BCUT2D eigenvalue weighted by atomic mass is 9.65. The van der Waals surface area contributed by atoms with E-state index < -0.39 is 17.9 Å². The molecule has 1 N–H and O–H groups in total. The average molecular weight is 634 g/mol. The summed E-state index contributed by atoms with van der Waals surface area (Å²) in [4.78, 5) is 27.0. The standard InChI is InChI=1S/C34H35NO11/c1-38-24-9-17(10-25(39-2)32(24)42-5)7-8-28(36)35-31-20-14-23-22(45-16-46-23)13-19(20)29(30-21(31)15-44-34(30)37)18-11-26(40-3)33(43-6)27(12-18)41-4/h7-14,21,29-31H,15-16H2,1-6H3,(H,35,36)/b8-7+/t21-,29+,30-,31+/m0/s1. The molecule has 0 bridgehead atoms. The molecule has 3 aromatic rings. The van der Waals surface area contributed by atoms with Crippen LogP contribution in [0.15, 0.2) is 42.5 Å². The largest absolute Gasteiger partial charge is 0.493 e. The van der Waals surface area contributed by atoms with Crippen molar-refractivity contribution in [2.45, 2.75) is 12.0 Å². The molecule has 1 fully saturated rings. The maximum atomic E-state index is 13.5. The van der Waals surface area contributed by atoms with Crippen molar-refractivity contribution in [2.75, 3.05) is 56.1 Å². The zero-order valence-electron chi connectivity index (χ0n) is 26.3. The average Bonchev–Trinajstić information content (AvgIpc) is 3.71. The van der Waals surface area contributed by atoms with Gasteiger partial charge in [0.15, 0.2) is 34.5 Å². The normalized spacial score (nSPS) is 20.8. The highest BCUT2D eigenvalue weighted by Crippen LogP contribution is 2.55. The Labute approximate surface area is 266 Å². The van der Waals surface area contributed by atoms with Crippen molar-refractivity contribution in [1.29, 1.82) is 0 Å². The molecule has 2 heterocycles. The van der Waals surface area contributed by atoms with Crippen molar-refractivity contribution < 1.29 is 52.2 Å². The molecule has 4 atom stereocenters. The molecule has 0 spiro atoms. The fourth-order valence-electron chi connectivity index (χ4n) is 6.60. The molecule has 46 heavy (non-hydrogen) atoms. The van der Waals surface area contributed by atoms with Crippen LogP contribution in [0.4, 0.5) is 0 Å². The van der Waals surface area contributed by atoms with Gasteiger partial charge >= 0.3 is 5.97 Å². The van der Waals surface area contributed by atoms with E-state index in [-0.39, 0.29) is 31.2 Å². The number of amides is 1. The molecule has 3 aromatic carbocycles. The number of ether oxygens (including phenoxy) is 9. The molecule has 0 saturated carbocycles. The van der Waals surface area contributed by atoms with Gasteiger partial charge in [0, 0.05) is 17.9 Å². The van der Waals surface area contributed by atoms with Crippen LogP contribution in [0.1, 0.15) is 34.2 Å². The van der Waals surface area contributed by atoms with E-state index in [1.807, 2.05) is 24.3 Å². The van der Waals surface area contributed by atoms with Gasteiger partial charge in [-0.3, -0.25) is 9.59 Å². The molecule has 6 rings (SSSR count). The first kappa shape index (κ1) is 30.8.